The molecule has 0 aromatic heterocycles. The zero-order chi connectivity index (χ0) is 21.0. The average molecular weight is 544 g/mol. The van der Waals surface area contributed by atoms with Crippen molar-refractivity contribution in [1.29, 1.82) is 5.41 Å². The Morgan fingerprint density at radius 1 is 1.37 bits per heavy atom. The largest absolute Gasteiger partial charge is 0.580 e. The first-order valence-electron chi connectivity index (χ1n) is 8.60. The van der Waals surface area contributed by atoms with E-state index in [9.17, 15) is 0 Å². The van der Waals surface area contributed by atoms with Crippen LogP contribution in [0.1, 0.15) is 44.2 Å². The van der Waals surface area contributed by atoms with E-state index in [0.717, 1.165) is 36.9 Å². The molecule has 0 aliphatic rings. The molecule has 0 radical (unpaired) electrons. The van der Waals surface area contributed by atoms with Gasteiger partial charge < -0.3 is 42.6 Å². The van der Waals surface area contributed by atoms with Crippen molar-refractivity contribution in [3.8, 4) is 0 Å². The summed E-state index contributed by atoms with van der Waals surface area (Å²) >= 11 is 0. The van der Waals surface area contributed by atoms with Crippen LogP contribution in [0.3, 0.4) is 0 Å². The molecule has 8 N–H and O–H groups in total. The number of benzene rings is 1. The number of hydrogen-bond donors (Lipinski definition) is 5. The van der Waals surface area contributed by atoms with E-state index >= 15 is 0 Å². The second-order valence-electron chi connectivity index (χ2n) is 5.69. The van der Waals surface area contributed by atoms with E-state index in [4.69, 9.17) is 16.9 Å². The van der Waals surface area contributed by atoms with Crippen LogP contribution < -0.4 is 22.5 Å². The van der Waals surface area contributed by atoms with Gasteiger partial charge >= 0.3 is 0 Å². The number of nitrogens with two attached hydrogens (primary N) is 3. The number of aryl methyl sites for hydroxylation is 1. The van der Waals surface area contributed by atoms with E-state index in [0.29, 0.717) is 11.7 Å². The predicted molar refractivity (Wildman–Crippen MR) is 116 cm³/mol. The summed E-state index contributed by atoms with van der Waals surface area (Å²) < 4.78 is 0. The number of nitrogens with one attached hydrogen (secondary N) is 2. The molecule has 156 valence electrons. The summed E-state index contributed by atoms with van der Waals surface area (Å²) in [7, 11) is 0. The van der Waals surface area contributed by atoms with E-state index in [1.165, 1.54) is 0 Å². The molecule has 5 nitrogen and oxygen atoms in total. The summed E-state index contributed by atoms with van der Waals surface area (Å²) in [6, 6.07) is 7.59. The minimum absolute atomic E-state index is 0. The first-order valence-corrected chi connectivity index (χ1v) is 8.60. The van der Waals surface area contributed by atoms with Gasteiger partial charge in [0.1, 0.15) is 5.84 Å². The van der Waals surface area contributed by atoms with Crippen LogP contribution >= 0.6 is 0 Å². The molecule has 0 aliphatic heterocycles. The molecular weight excluding hydrogens is 506 g/mol. The summed E-state index contributed by atoms with van der Waals surface area (Å²) in [5.74, 6) is 1.27. The Hall–Kier alpha value is -1.74. The van der Waals surface area contributed by atoms with Crippen LogP contribution in [0.25, 0.3) is 0 Å². The normalized spacial score (nSPS) is 9.22. The fourth-order valence-corrected chi connectivity index (χ4v) is 1.45. The van der Waals surface area contributed by atoms with Gasteiger partial charge in [-0.3, -0.25) is 12.0 Å². The van der Waals surface area contributed by atoms with Crippen molar-refractivity contribution in [3.63, 3.8) is 0 Å². The molecule has 0 bridgehead atoms. The first-order chi connectivity index (χ1) is 12.2. The van der Waals surface area contributed by atoms with E-state index in [2.05, 4.69) is 51.9 Å². The minimum Gasteiger partial charge on any atom is -0.580 e. The fraction of sp³-hybridized carbons (Fsp3) is 0.381. The zero-order valence-electron chi connectivity index (χ0n) is 17.2. The zero-order valence-corrected chi connectivity index (χ0v) is 20.1. The Labute approximate surface area is 181 Å². The van der Waals surface area contributed by atoms with Gasteiger partial charge in [-0.25, -0.2) is 0 Å². The molecule has 1 aromatic carbocycles. The molecule has 0 heterocycles. The Bertz CT molecular complexity index is 487. The summed E-state index contributed by atoms with van der Waals surface area (Å²) in [4.78, 5) is 0. The van der Waals surface area contributed by atoms with E-state index in [1.54, 1.807) is 0 Å². The number of nitrogen functional groups attached to an aromatic ring is 1. The van der Waals surface area contributed by atoms with Gasteiger partial charge in [0.05, 0.1) is 5.82 Å². The summed E-state index contributed by atoms with van der Waals surface area (Å²) in [6.07, 6.45) is 5.26. The Balaban J connectivity index is -0.000000139. The third-order valence-corrected chi connectivity index (χ3v) is 2.63. The van der Waals surface area contributed by atoms with Crippen LogP contribution in [0.4, 0.5) is 0 Å². The van der Waals surface area contributed by atoms with Crippen molar-refractivity contribution >= 4 is 5.84 Å². The van der Waals surface area contributed by atoms with Crippen LogP contribution in [0.5, 0.6) is 0 Å². The summed E-state index contributed by atoms with van der Waals surface area (Å²) in [5.41, 5.74) is 16.8. The van der Waals surface area contributed by atoms with Gasteiger partial charge in [0.15, 0.2) is 0 Å². The molecule has 27 heavy (non-hydrogen) atoms. The third-order valence-electron chi connectivity index (χ3n) is 2.63. The molecular formula is C21H38N5W-3. The monoisotopic (exact) mass is 544 g/mol. The maximum absolute atomic E-state index is 7.11. The number of hydrogen-bond acceptors (Lipinski definition) is 4. The van der Waals surface area contributed by atoms with Gasteiger partial charge in [-0.2, -0.15) is 12.3 Å². The van der Waals surface area contributed by atoms with Gasteiger partial charge in [-0.1, -0.05) is 44.2 Å². The van der Waals surface area contributed by atoms with Crippen molar-refractivity contribution < 1.29 is 21.1 Å². The van der Waals surface area contributed by atoms with Crippen molar-refractivity contribution in [3.05, 3.63) is 74.4 Å². The van der Waals surface area contributed by atoms with E-state index in [-0.39, 0.29) is 26.9 Å². The molecule has 0 saturated carbocycles. The Morgan fingerprint density at radius 2 is 1.89 bits per heavy atom. The molecule has 1 atom stereocenters. The van der Waals surface area contributed by atoms with Gasteiger partial charge in [0.25, 0.3) is 0 Å². The summed E-state index contributed by atoms with van der Waals surface area (Å²) in [5, 5.41) is 9.99. The molecule has 1 unspecified atom stereocenters. The van der Waals surface area contributed by atoms with Crippen LogP contribution in [-0.4, -0.2) is 12.4 Å². The summed E-state index contributed by atoms with van der Waals surface area (Å²) in [6.45, 7) is 21.0. The number of amidine groups is 1. The van der Waals surface area contributed by atoms with Crippen molar-refractivity contribution in [2.24, 2.45) is 23.1 Å². The molecule has 0 amide bonds. The SMILES string of the molecule is C=C(N)NCCC.C=[C-]N.Cc1cccc(C(=N)N)c1.[CH2-]CCC([CH2-])C.[W]. The second kappa shape index (κ2) is 24.3. The van der Waals surface area contributed by atoms with Crippen LogP contribution in [-0.2, 0) is 21.1 Å². The quantitative estimate of drug-likeness (QED) is 0.163. The smallest absolute Gasteiger partial charge is 0.122 e. The third kappa shape index (κ3) is 32.4. The van der Waals surface area contributed by atoms with E-state index < -0.39 is 0 Å². The molecule has 0 saturated heterocycles. The fourth-order valence-electron chi connectivity index (χ4n) is 1.45. The predicted octanol–water partition coefficient (Wildman–Crippen LogP) is 3.66. The molecule has 0 fully saturated rings. The Morgan fingerprint density at radius 3 is 2.07 bits per heavy atom. The second-order valence-corrected chi connectivity index (χ2v) is 5.69. The first kappa shape index (κ1) is 32.9. The van der Waals surface area contributed by atoms with E-state index in [1.807, 2.05) is 37.4 Å². The molecule has 6 heteroatoms. The topological polar surface area (TPSA) is 114 Å². The van der Waals surface area contributed by atoms with Gasteiger partial charge in [-0.15, -0.1) is 6.42 Å². The van der Waals surface area contributed by atoms with Crippen LogP contribution in [0, 0.1) is 38.3 Å². The standard InChI is InChI=1S/C8H10N2.C6H12.C5H12N2.C2H4N.W/c1-6-3-2-4-7(5-6)8(9)10;1-4-5-6(2)3;1-3-4-7-5(2)6;1-2-3;/h2-5H,1H3,(H3,9,10);6H,1-2,4-5H2,3H3;7H,2-4,6H2,1H3;1,3H2;/q;-2;;-1;. The van der Waals surface area contributed by atoms with Gasteiger partial charge in [0.2, 0.25) is 0 Å². The van der Waals surface area contributed by atoms with Crippen molar-refractivity contribution in [1.82, 2.24) is 5.32 Å². The average Bonchev–Trinajstić information content (AvgIpc) is 2.54. The molecule has 0 aliphatic carbocycles. The van der Waals surface area contributed by atoms with Crippen LogP contribution in [0.15, 0.2) is 43.2 Å². The molecule has 0 spiro atoms. The molecule has 1 rings (SSSR count). The van der Waals surface area contributed by atoms with Crippen molar-refractivity contribution in [2.45, 2.75) is 40.0 Å². The Kier molecular flexibility index (Phi) is 29.6. The van der Waals surface area contributed by atoms with Gasteiger partial charge in [-0.05, 0) is 19.4 Å². The maximum Gasteiger partial charge on any atom is 0.122 e. The molecule has 1 aromatic rings. The number of rotatable bonds is 6. The van der Waals surface area contributed by atoms with Crippen LogP contribution in [0.2, 0.25) is 0 Å². The minimum atomic E-state index is 0. The van der Waals surface area contributed by atoms with Gasteiger partial charge in [0, 0.05) is 33.2 Å². The van der Waals surface area contributed by atoms with Crippen molar-refractivity contribution in [2.75, 3.05) is 6.54 Å². The maximum atomic E-state index is 7.11.